The van der Waals surface area contributed by atoms with Crippen LogP contribution in [0.15, 0.2) is 48.8 Å². The Bertz CT molecular complexity index is 1900. The lowest BCUT2D eigenvalue weighted by Crippen LogP contribution is -2.64. The predicted octanol–water partition coefficient (Wildman–Crippen LogP) is 6.96. The van der Waals surface area contributed by atoms with E-state index in [1.54, 1.807) is 24.5 Å². The van der Waals surface area contributed by atoms with Crippen LogP contribution in [-0.2, 0) is 49.4 Å². The molecule has 1 aromatic heterocycles. The van der Waals surface area contributed by atoms with E-state index in [1.807, 2.05) is 35.8 Å². The molecule has 1 saturated heterocycles. The standard InChI is InChI=1S/C41H56N2O10/c1-24-17-19-25(20-18-24)21-43-23-42-26-15-14-16-27(29(26)43)49-33-32(53-37(47)41(11,12)13)31(52-36(46)40(8,9)10)30(51-35(45)39(5,6)7)28(50-33)22-48-34(44)38(2,3)4/h14-20,23,28,30-33H,21-22H2,1-13H3/t28-,30-,31+,32-,33?/m1/s1/i2D,5D,8D,11D. The van der Waals surface area contributed by atoms with E-state index in [-0.39, 0.29) is 26.4 Å². The topological polar surface area (TPSA) is 141 Å². The summed E-state index contributed by atoms with van der Waals surface area (Å²) in [5, 5.41) is 0. The number of hydrogen-bond acceptors (Lipinski definition) is 11. The fraction of sp³-hybridized carbons (Fsp3) is 0.585. The van der Waals surface area contributed by atoms with E-state index in [0.29, 0.717) is 17.6 Å². The Hall–Kier alpha value is -4.45. The number of fused-ring (bicyclic) bond motifs is 1. The number of carbonyl (C=O) groups excluding carboxylic acids is 4. The van der Waals surface area contributed by atoms with Gasteiger partial charge in [0.1, 0.15) is 24.0 Å². The number of rotatable bonds is 9. The molecular formula is C41H56N2O10. The van der Waals surface area contributed by atoms with E-state index >= 15 is 0 Å². The summed E-state index contributed by atoms with van der Waals surface area (Å²) >= 11 is 0. The molecule has 1 unspecified atom stereocenters. The molecule has 0 spiro atoms. The summed E-state index contributed by atoms with van der Waals surface area (Å²) in [4.78, 5) is 59.1. The summed E-state index contributed by atoms with van der Waals surface area (Å²) in [6.07, 6.45) is -6.33. The van der Waals surface area contributed by atoms with Crippen molar-refractivity contribution in [2.75, 3.05) is 6.61 Å². The first kappa shape index (κ1) is 35.6. The molecule has 5 atom stereocenters. The van der Waals surface area contributed by atoms with E-state index in [0.717, 1.165) is 11.1 Å². The fourth-order valence-electron chi connectivity index (χ4n) is 5.04. The van der Waals surface area contributed by atoms with E-state index < -0.39 is 89.7 Å². The Balaban J connectivity index is 1.91. The molecular weight excluding hydrogens is 680 g/mol. The van der Waals surface area contributed by atoms with Crippen LogP contribution in [0.5, 0.6) is 5.75 Å². The minimum atomic E-state index is -1.68. The van der Waals surface area contributed by atoms with Crippen LogP contribution in [0.2, 0.25) is 0 Å². The van der Waals surface area contributed by atoms with Crippen LogP contribution >= 0.6 is 0 Å². The van der Waals surface area contributed by atoms with Gasteiger partial charge in [0, 0.05) is 12.0 Å². The lowest BCUT2D eigenvalue weighted by molar-refractivity contribution is -0.293. The largest absolute Gasteiger partial charge is 0.462 e. The molecule has 3 aromatic rings. The van der Waals surface area contributed by atoms with Crippen molar-refractivity contribution >= 4 is 34.9 Å². The molecule has 53 heavy (non-hydrogen) atoms. The van der Waals surface area contributed by atoms with Gasteiger partial charge in [0.15, 0.2) is 12.2 Å². The Morgan fingerprint density at radius 3 is 1.83 bits per heavy atom. The second-order valence-corrected chi connectivity index (χ2v) is 16.4. The van der Waals surface area contributed by atoms with Crippen molar-refractivity contribution in [3.8, 4) is 5.75 Å². The molecule has 4 rings (SSSR count). The lowest BCUT2D eigenvalue weighted by atomic mass is 9.93. The molecule has 0 N–H and O–H groups in total. The normalized spacial score (nSPS) is 22.1. The molecule has 0 saturated carbocycles. The van der Waals surface area contributed by atoms with Gasteiger partial charge in [0.25, 0.3) is 0 Å². The van der Waals surface area contributed by atoms with E-state index in [1.165, 1.54) is 55.4 Å². The summed E-state index contributed by atoms with van der Waals surface area (Å²) in [7, 11) is 0. The SMILES string of the molecule is [2H]CC(C)(C)C(=O)OC[C@H]1OC(Oc2cccc3ncn(Cc4ccc(C)cc4)c23)[C@H](OC(=O)C(C)(C)C[2H])[C@@H](OC(=O)C(C)(C)C[2H])[C@@H]1OC(=O)C(C)(C)C[2H]. The zero-order chi connectivity index (χ0) is 42.5. The highest BCUT2D eigenvalue weighted by atomic mass is 16.7. The van der Waals surface area contributed by atoms with E-state index in [9.17, 15) is 19.2 Å². The molecule has 0 aliphatic carbocycles. The van der Waals surface area contributed by atoms with Gasteiger partial charge in [0.2, 0.25) is 12.4 Å². The van der Waals surface area contributed by atoms with Gasteiger partial charge in [-0.2, -0.15) is 0 Å². The third-order valence-electron chi connectivity index (χ3n) is 8.23. The number of aryl methyl sites for hydroxylation is 1. The number of nitrogens with zero attached hydrogens (tertiary/aromatic N) is 2. The first-order chi connectivity index (χ1) is 26.6. The van der Waals surface area contributed by atoms with Crippen LogP contribution in [0.3, 0.4) is 0 Å². The Morgan fingerprint density at radius 2 is 1.26 bits per heavy atom. The molecule has 1 fully saturated rings. The van der Waals surface area contributed by atoms with Gasteiger partial charge in [-0.1, -0.05) is 35.9 Å². The molecule has 12 nitrogen and oxygen atoms in total. The van der Waals surface area contributed by atoms with Gasteiger partial charge in [0.05, 0.1) is 33.5 Å². The molecule has 2 aromatic carbocycles. The average molecular weight is 741 g/mol. The van der Waals surface area contributed by atoms with Crippen molar-refractivity contribution in [3.63, 3.8) is 0 Å². The maximum Gasteiger partial charge on any atom is 0.311 e. The number of aromatic nitrogens is 2. The highest BCUT2D eigenvalue weighted by Gasteiger charge is 2.55. The molecule has 290 valence electrons. The minimum Gasteiger partial charge on any atom is -0.462 e. The zero-order valence-corrected chi connectivity index (χ0v) is 32.2. The third kappa shape index (κ3) is 10.4. The van der Waals surface area contributed by atoms with Gasteiger partial charge < -0.3 is 33.0 Å². The summed E-state index contributed by atoms with van der Waals surface area (Å²) in [5.41, 5.74) is -2.14. The molecule has 0 radical (unpaired) electrons. The summed E-state index contributed by atoms with van der Waals surface area (Å²) < 4.78 is 70.7. The minimum absolute atomic E-state index is 0.233. The molecule has 1 aliphatic heterocycles. The maximum atomic E-state index is 13.8. The highest BCUT2D eigenvalue weighted by Crippen LogP contribution is 2.36. The summed E-state index contributed by atoms with van der Waals surface area (Å²) in [5.74, 6) is -3.17. The van der Waals surface area contributed by atoms with Crippen LogP contribution < -0.4 is 4.74 Å². The quantitative estimate of drug-likeness (QED) is 0.166. The molecule has 1 aliphatic rings. The lowest BCUT2D eigenvalue weighted by Gasteiger charge is -2.45. The Kier molecular flexibility index (Phi) is 10.4. The average Bonchev–Trinajstić information content (AvgIpc) is 3.59. The number of ether oxygens (including phenoxy) is 6. The van der Waals surface area contributed by atoms with Crippen molar-refractivity contribution in [2.45, 2.75) is 127 Å². The monoisotopic (exact) mass is 740 g/mol. The van der Waals surface area contributed by atoms with Crippen LogP contribution in [0, 0.1) is 28.6 Å². The van der Waals surface area contributed by atoms with Crippen LogP contribution in [0.4, 0.5) is 0 Å². The zero-order valence-electron chi connectivity index (χ0n) is 36.2. The number of benzene rings is 2. The van der Waals surface area contributed by atoms with Crippen LogP contribution in [-0.4, -0.2) is 70.7 Å². The van der Waals surface area contributed by atoms with Crippen molar-refractivity contribution in [1.29, 1.82) is 0 Å². The van der Waals surface area contributed by atoms with Gasteiger partial charge in [-0.05, 0) is 108 Å². The van der Waals surface area contributed by atoms with Gasteiger partial charge >= 0.3 is 23.9 Å². The summed E-state index contributed by atoms with van der Waals surface area (Å²) in [6, 6.07) is 13.1. The van der Waals surface area contributed by atoms with Crippen LogP contribution in [0.25, 0.3) is 11.0 Å². The number of carbonyl (C=O) groups is 4. The molecule has 2 heterocycles. The Morgan fingerprint density at radius 1 is 0.736 bits per heavy atom. The van der Waals surface area contributed by atoms with Crippen molar-refractivity contribution in [3.05, 3.63) is 59.9 Å². The van der Waals surface area contributed by atoms with Crippen molar-refractivity contribution in [1.82, 2.24) is 9.55 Å². The predicted molar refractivity (Wildman–Crippen MR) is 198 cm³/mol. The number of esters is 4. The van der Waals surface area contributed by atoms with Gasteiger partial charge in [-0.3, -0.25) is 19.2 Å². The number of hydrogen-bond donors (Lipinski definition) is 0. The highest BCUT2D eigenvalue weighted by molar-refractivity contribution is 5.82. The first-order valence-corrected chi connectivity index (χ1v) is 17.4. The molecule has 0 amide bonds. The van der Waals surface area contributed by atoms with E-state index in [4.69, 9.17) is 33.9 Å². The second kappa shape index (κ2) is 15.5. The van der Waals surface area contributed by atoms with Crippen molar-refractivity contribution < 1.29 is 53.1 Å². The molecule has 0 bridgehead atoms. The van der Waals surface area contributed by atoms with Gasteiger partial charge in [-0.15, -0.1) is 0 Å². The molecule has 12 heteroatoms. The first-order valence-electron chi connectivity index (χ1n) is 20.2. The fourth-order valence-corrected chi connectivity index (χ4v) is 5.04. The second-order valence-electron chi connectivity index (χ2n) is 16.4. The van der Waals surface area contributed by atoms with Crippen LogP contribution in [0.1, 0.15) is 99.6 Å². The number of para-hydroxylation sites is 1. The smallest absolute Gasteiger partial charge is 0.311 e. The summed E-state index contributed by atoms with van der Waals surface area (Å²) in [6.45, 7) is 12.4. The van der Waals surface area contributed by atoms with Gasteiger partial charge in [-0.25, -0.2) is 4.98 Å². The van der Waals surface area contributed by atoms with E-state index in [2.05, 4.69) is 4.98 Å². The Labute approximate surface area is 318 Å². The maximum absolute atomic E-state index is 13.8. The third-order valence-corrected chi connectivity index (χ3v) is 8.23. The van der Waals surface area contributed by atoms with Crippen molar-refractivity contribution in [2.24, 2.45) is 21.7 Å². The number of imidazole rings is 1.